The highest BCUT2D eigenvalue weighted by molar-refractivity contribution is 6.15. The van der Waals surface area contributed by atoms with Crippen molar-refractivity contribution in [3.63, 3.8) is 0 Å². The van der Waals surface area contributed by atoms with Crippen molar-refractivity contribution in [1.29, 1.82) is 0 Å². The standard InChI is InChI=1S/C22H27N5O3/c1-22(2,3)30-21(29)26-10-6-8-17(14-26)27-20-18(13-24-27)19(28)12-16(25-20)11-15-7-4-5-9-23-15/h4-5,7,9,13,17H,6,8,10-12,14H2,1-3H3. The third-order valence-electron chi connectivity index (χ3n) is 5.20. The summed E-state index contributed by atoms with van der Waals surface area (Å²) in [7, 11) is 0. The van der Waals surface area contributed by atoms with Crippen LogP contribution in [0.3, 0.4) is 0 Å². The number of aliphatic imine (C=N–C) groups is 1. The largest absolute Gasteiger partial charge is 0.444 e. The Kier molecular flexibility index (Phi) is 5.40. The Morgan fingerprint density at radius 3 is 2.87 bits per heavy atom. The van der Waals surface area contributed by atoms with E-state index in [1.54, 1.807) is 22.0 Å². The highest BCUT2D eigenvalue weighted by Crippen LogP contribution is 2.32. The van der Waals surface area contributed by atoms with Gasteiger partial charge in [-0.1, -0.05) is 6.07 Å². The van der Waals surface area contributed by atoms with Crippen LogP contribution in [0.1, 0.15) is 62.1 Å². The number of carbonyl (C=O) groups is 2. The van der Waals surface area contributed by atoms with Crippen molar-refractivity contribution < 1.29 is 14.3 Å². The van der Waals surface area contributed by atoms with Gasteiger partial charge in [0.05, 0.1) is 24.2 Å². The van der Waals surface area contributed by atoms with E-state index in [-0.39, 0.29) is 24.3 Å². The van der Waals surface area contributed by atoms with Crippen LogP contribution in [-0.2, 0) is 11.2 Å². The third-order valence-corrected chi connectivity index (χ3v) is 5.20. The second kappa shape index (κ2) is 8.01. The van der Waals surface area contributed by atoms with Gasteiger partial charge in [-0.25, -0.2) is 14.5 Å². The van der Waals surface area contributed by atoms with Gasteiger partial charge >= 0.3 is 6.09 Å². The first kappa shape index (κ1) is 20.3. The molecular weight excluding hydrogens is 382 g/mol. The van der Waals surface area contributed by atoms with E-state index in [0.29, 0.717) is 30.9 Å². The number of fused-ring (bicyclic) bond motifs is 1. The fourth-order valence-electron chi connectivity index (χ4n) is 3.86. The van der Waals surface area contributed by atoms with Crippen LogP contribution in [0, 0.1) is 0 Å². The van der Waals surface area contributed by atoms with Gasteiger partial charge in [0.1, 0.15) is 5.60 Å². The summed E-state index contributed by atoms with van der Waals surface area (Å²) in [5.41, 5.74) is 1.68. The smallest absolute Gasteiger partial charge is 0.410 e. The average Bonchev–Trinajstić information content (AvgIpc) is 3.12. The molecular formula is C22H27N5O3. The molecule has 0 bridgehead atoms. The molecule has 4 heterocycles. The number of carbonyl (C=O) groups excluding carboxylic acids is 2. The second-order valence-corrected chi connectivity index (χ2v) is 8.82. The second-order valence-electron chi connectivity index (χ2n) is 8.82. The predicted molar refractivity (Wildman–Crippen MR) is 112 cm³/mol. The van der Waals surface area contributed by atoms with Gasteiger partial charge in [-0.2, -0.15) is 5.10 Å². The lowest BCUT2D eigenvalue weighted by molar-refractivity contribution is 0.0168. The van der Waals surface area contributed by atoms with E-state index in [4.69, 9.17) is 9.73 Å². The summed E-state index contributed by atoms with van der Waals surface area (Å²) in [5, 5.41) is 4.48. The van der Waals surface area contributed by atoms with Gasteiger partial charge in [-0.15, -0.1) is 0 Å². The maximum atomic E-state index is 12.7. The van der Waals surface area contributed by atoms with E-state index in [2.05, 4.69) is 10.1 Å². The number of nitrogens with zero attached hydrogens (tertiary/aromatic N) is 5. The minimum absolute atomic E-state index is 0.0250. The monoisotopic (exact) mass is 409 g/mol. The van der Waals surface area contributed by atoms with Gasteiger partial charge < -0.3 is 9.64 Å². The van der Waals surface area contributed by atoms with Crippen molar-refractivity contribution in [2.24, 2.45) is 4.99 Å². The summed E-state index contributed by atoms with van der Waals surface area (Å²) in [6, 6.07) is 5.68. The van der Waals surface area contributed by atoms with Crippen LogP contribution < -0.4 is 0 Å². The first-order chi connectivity index (χ1) is 14.3. The fourth-order valence-corrected chi connectivity index (χ4v) is 3.86. The molecule has 4 rings (SSSR count). The minimum Gasteiger partial charge on any atom is -0.444 e. The lowest BCUT2D eigenvalue weighted by Gasteiger charge is -2.34. The maximum absolute atomic E-state index is 12.7. The van der Waals surface area contributed by atoms with Crippen LogP contribution in [0.5, 0.6) is 0 Å². The summed E-state index contributed by atoms with van der Waals surface area (Å²) < 4.78 is 7.33. The third kappa shape index (κ3) is 4.42. The zero-order valence-electron chi connectivity index (χ0n) is 17.7. The number of Topliss-reactive ketones (excluding diaryl/α,β-unsaturated/α-hetero) is 1. The van der Waals surface area contributed by atoms with Crippen LogP contribution in [0.15, 0.2) is 35.6 Å². The molecule has 30 heavy (non-hydrogen) atoms. The molecule has 0 N–H and O–H groups in total. The summed E-state index contributed by atoms with van der Waals surface area (Å²) in [4.78, 5) is 36.0. The van der Waals surface area contributed by atoms with E-state index < -0.39 is 5.60 Å². The van der Waals surface area contributed by atoms with E-state index in [9.17, 15) is 9.59 Å². The van der Waals surface area contributed by atoms with E-state index in [1.165, 1.54) is 0 Å². The molecule has 2 aliphatic heterocycles. The normalized spacial score (nSPS) is 19.3. The highest BCUT2D eigenvalue weighted by Gasteiger charge is 2.32. The molecule has 1 atom stereocenters. The molecule has 1 saturated heterocycles. The Labute approximate surface area is 176 Å². The number of hydrogen-bond donors (Lipinski definition) is 0. The van der Waals surface area contributed by atoms with Gasteiger partial charge in [-0.05, 0) is 45.7 Å². The molecule has 1 amide bonds. The molecule has 2 aromatic heterocycles. The summed E-state index contributed by atoms with van der Waals surface area (Å²) in [5.74, 6) is 0.616. The molecule has 0 aliphatic carbocycles. The Bertz CT molecular complexity index is 974. The first-order valence-electron chi connectivity index (χ1n) is 10.3. The molecule has 1 unspecified atom stereocenters. The number of ether oxygens (including phenoxy) is 1. The zero-order valence-corrected chi connectivity index (χ0v) is 17.7. The number of hydrogen-bond acceptors (Lipinski definition) is 6. The van der Waals surface area contributed by atoms with Crippen molar-refractivity contribution in [2.45, 2.75) is 58.1 Å². The lowest BCUT2D eigenvalue weighted by atomic mass is 10.0. The van der Waals surface area contributed by atoms with Crippen LogP contribution in [-0.4, -0.2) is 55.9 Å². The maximum Gasteiger partial charge on any atom is 0.410 e. The highest BCUT2D eigenvalue weighted by atomic mass is 16.6. The van der Waals surface area contributed by atoms with Crippen molar-refractivity contribution >= 4 is 23.4 Å². The molecule has 2 aromatic rings. The molecule has 2 aliphatic rings. The molecule has 158 valence electrons. The molecule has 0 aromatic carbocycles. The van der Waals surface area contributed by atoms with Crippen LogP contribution in [0.2, 0.25) is 0 Å². The number of ketones is 1. The van der Waals surface area contributed by atoms with Crippen LogP contribution in [0.25, 0.3) is 0 Å². The predicted octanol–water partition coefficient (Wildman–Crippen LogP) is 3.75. The molecule has 1 fully saturated rings. The van der Waals surface area contributed by atoms with E-state index in [1.807, 2.05) is 39.0 Å². The molecule has 0 spiro atoms. The number of piperidine rings is 1. The van der Waals surface area contributed by atoms with Crippen molar-refractivity contribution in [3.05, 3.63) is 41.9 Å². The number of likely N-dealkylation sites (tertiary alicyclic amines) is 1. The summed E-state index contributed by atoms with van der Waals surface area (Å²) in [6.45, 7) is 6.73. The van der Waals surface area contributed by atoms with Crippen LogP contribution >= 0.6 is 0 Å². The topological polar surface area (TPSA) is 89.7 Å². The van der Waals surface area contributed by atoms with Gasteiger partial charge in [0, 0.05) is 37.1 Å². The first-order valence-corrected chi connectivity index (χ1v) is 10.3. The van der Waals surface area contributed by atoms with Crippen LogP contribution in [0.4, 0.5) is 10.6 Å². The molecule has 8 heteroatoms. The van der Waals surface area contributed by atoms with Crippen molar-refractivity contribution in [2.75, 3.05) is 13.1 Å². The minimum atomic E-state index is -0.536. The number of rotatable bonds is 3. The Balaban J connectivity index is 1.55. The number of pyridine rings is 1. The zero-order chi connectivity index (χ0) is 21.3. The molecule has 8 nitrogen and oxygen atoms in total. The van der Waals surface area contributed by atoms with E-state index in [0.717, 1.165) is 24.2 Å². The average molecular weight is 409 g/mol. The Hall–Kier alpha value is -3.03. The van der Waals surface area contributed by atoms with Gasteiger partial charge in [0.15, 0.2) is 11.6 Å². The molecule has 0 radical (unpaired) electrons. The summed E-state index contributed by atoms with van der Waals surface area (Å²) >= 11 is 0. The quantitative estimate of drug-likeness (QED) is 0.770. The Morgan fingerprint density at radius 1 is 1.30 bits per heavy atom. The summed E-state index contributed by atoms with van der Waals surface area (Å²) in [6.07, 6.45) is 5.55. The number of aromatic nitrogens is 3. The fraction of sp³-hybridized carbons (Fsp3) is 0.500. The van der Waals surface area contributed by atoms with Crippen molar-refractivity contribution in [1.82, 2.24) is 19.7 Å². The van der Waals surface area contributed by atoms with Gasteiger partial charge in [0.2, 0.25) is 0 Å². The Morgan fingerprint density at radius 2 is 2.13 bits per heavy atom. The lowest BCUT2D eigenvalue weighted by Crippen LogP contribution is -2.43. The number of amides is 1. The molecule has 0 saturated carbocycles. The van der Waals surface area contributed by atoms with E-state index >= 15 is 0 Å². The van der Waals surface area contributed by atoms with Gasteiger partial charge in [0.25, 0.3) is 0 Å². The van der Waals surface area contributed by atoms with Crippen molar-refractivity contribution in [3.8, 4) is 0 Å². The SMILES string of the molecule is CC(C)(C)OC(=O)N1CCCC(n2ncc3c2N=C(Cc2ccccn2)CC3=O)C1. The van der Waals surface area contributed by atoms with Gasteiger partial charge in [-0.3, -0.25) is 9.78 Å².